The first-order valence-corrected chi connectivity index (χ1v) is 3.48. The van der Waals surface area contributed by atoms with Crippen LogP contribution in [0.4, 0.5) is 22.7 Å². The molecule has 0 heterocycles. The molecule has 4 nitrogen and oxygen atoms in total. The zero-order chi connectivity index (χ0) is 9.30. The molecule has 1 aromatic carbocycles. The Bertz CT molecular complexity index is 330. The van der Waals surface area contributed by atoms with Crippen LogP contribution in [0, 0.1) is 6.92 Å². The van der Waals surface area contributed by atoms with Crippen LogP contribution in [0.1, 0.15) is 5.56 Å². The van der Waals surface area contributed by atoms with Gasteiger partial charge >= 0.3 is 0 Å². The van der Waals surface area contributed by atoms with E-state index in [-0.39, 0.29) is 0 Å². The molecule has 0 aromatic heterocycles. The molecule has 0 radical (unpaired) electrons. The first-order valence-electron chi connectivity index (χ1n) is 3.48. The van der Waals surface area contributed by atoms with E-state index in [1.807, 2.05) is 6.92 Å². The number of hydrogen-bond acceptors (Lipinski definition) is 4. The second-order valence-corrected chi connectivity index (χ2v) is 2.60. The summed E-state index contributed by atoms with van der Waals surface area (Å²) in [7, 11) is 0. The van der Waals surface area contributed by atoms with Gasteiger partial charge < -0.3 is 17.2 Å². The van der Waals surface area contributed by atoms with Crippen molar-refractivity contribution in [3.8, 4) is 0 Å². The summed E-state index contributed by atoms with van der Waals surface area (Å²) in [6.45, 7) is 5.18. The maximum Gasteiger partial charge on any atom is 0.0893 e. The van der Waals surface area contributed by atoms with E-state index in [2.05, 4.69) is 11.7 Å². The highest BCUT2D eigenvalue weighted by atomic mass is 14.8. The predicted octanol–water partition coefficient (Wildman–Crippen LogP) is 1.07. The van der Waals surface area contributed by atoms with Gasteiger partial charge in [-0.15, -0.1) is 0 Å². The van der Waals surface area contributed by atoms with Crippen molar-refractivity contribution in [3.63, 3.8) is 0 Å². The second-order valence-electron chi connectivity index (χ2n) is 2.60. The Labute approximate surface area is 71.1 Å². The zero-order valence-corrected chi connectivity index (χ0v) is 6.96. The summed E-state index contributed by atoms with van der Waals surface area (Å²) in [5.74, 6) is 0. The molecule has 0 fully saturated rings. The van der Waals surface area contributed by atoms with Gasteiger partial charge in [-0.25, -0.2) is 0 Å². The smallest absolute Gasteiger partial charge is 0.0893 e. The van der Waals surface area contributed by atoms with Crippen molar-refractivity contribution in [2.45, 2.75) is 6.92 Å². The molecule has 0 aliphatic heterocycles. The van der Waals surface area contributed by atoms with E-state index in [9.17, 15) is 0 Å². The van der Waals surface area contributed by atoms with Gasteiger partial charge in [-0.05, 0) is 25.3 Å². The molecule has 0 aliphatic rings. The number of nitrogen functional groups attached to an aromatic ring is 3. The van der Waals surface area contributed by atoms with Gasteiger partial charge in [0.25, 0.3) is 0 Å². The van der Waals surface area contributed by atoms with Crippen molar-refractivity contribution in [1.82, 2.24) is 0 Å². The molecule has 0 spiro atoms. The standard InChI is InChI=1S/C8H12N4/c1-4-5(9)3-6(12-2)8(11)7(4)10/h3H,2,9-11H2,1H3. The summed E-state index contributed by atoms with van der Waals surface area (Å²) < 4.78 is 0. The number of rotatable bonds is 1. The fourth-order valence-electron chi connectivity index (χ4n) is 0.960. The molecule has 4 heteroatoms. The molecule has 0 saturated carbocycles. The van der Waals surface area contributed by atoms with Gasteiger partial charge in [0.05, 0.1) is 17.1 Å². The van der Waals surface area contributed by atoms with Crippen molar-refractivity contribution in [1.29, 1.82) is 0 Å². The Morgan fingerprint density at radius 2 is 1.83 bits per heavy atom. The highest BCUT2D eigenvalue weighted by Crippen LogP contribution is 2.34. The molecular formula is C8H12N4. The fourth-order valence-corrected chi connectivity index (χ4v) is 0.960. The van der Waals surface area contributed by atoms with Gasteiger partial charge in [-0.1, -0.05) is 0 Å². The number of nitrogens with zero attached hydrogens (tertiary/aromatic N) is 1. The third-order valence-corrected chi connectivity index (χ3v) is 1.87. The summed E-state index contributed by atoms with van der Waals surface area (Å²) in [5, 5.41) is 0. The van der Waals surface area contributed by atoms with E-state index < -0.39 is 0 Å². The van der Waals surface area contributed by atoms with Crippen LogP contribution in [-0.4, -0.2) is 6.72 Å². The van der Waals surface area contributed by atoms with Gasteiger partial charge in [0.2, 0.25) is 0 Å². The van der Waals surface area contributed by atoms with Crippen LogP contribution < -0.4 is 17.2 Å². The van der Waals surface area contributed by atoms with E-state index in [1.165, 1.54) is 0 Å². The number of nitrogens with two attached hydrogens (primary N) is 3. The molecular weight excluding hydrogens is 152 g/mol. The first kappa shape index (κ1) is 8.39. The number of benzene rings is 1. The second kappa shape index (κ2) is 2.73. The van der Waals surface area contributed by atoms with Gasteiger partial charge in [-0.3, -0.25) is 4.99 Å². The quantitative estimate of drug-likeness (QED) is 0.428. The minimum atomic E-state index is 0.441. The number of anilines is 3. The van der Waals surface area contributed by atoms with Crippen molar-refractivity contribution < 1.29 is 0 Å². The molecule has 1 aromatic rings. The maximum atomic E-state index is 5.67. The molecule has 1 rings (SSSR count). The van der Waals surface area contributed by atoms with Crippen molar-refractivity contribution in [2.24, 2.45) is 4.99 Å². The van der Waals surface area contributed by atoms with E-state index >= 15 is 0 Å². The molecule has 0 bridgehead atoms. The van der Waals surface area contributed by atoms with Crippen LogP contribution >= 0.6 is 0 Å². The molecule has 12 heavy (non-hydrogen) atoms. The lowest BCUT2D eigenvalue weighted by atomic mass is 10.1. The van der Waals surface area contributed by atoms with Gasteiger partial charge in [-0.2, -0.15) is 0 Å². The summed E-state index contributed by atoms with van der Waals surface area (Å²) in [5.41, 5.74) is 19.8. The highest BCUT2D eigenvalue weighted by Gasteiger charge is 2.07. The Morgan fingerprint density at radius 3 is 2.33 bits per heavy atom. The third-order valence-electron chi connectivity index (χ3n) is 1.87. The summed E-state index contributed by atoms with van der Waals surface area (Å²) in [6, 6.07) is 1.66. The van der Waals surface area contributed by atoms with Crippen LogP contribution in [-0.2, 0) is 0 Å². The number of aliphatic imine (C=N–C) groups is 1. The van der Waals surface area contributed by atoms with Gasteiger partial charge in [0.15, 0.2) is 0 Å². The summed E-state index contributed by atoms with van der Waals surface area (Å²) in [4.78, 5) is 3.70. The molecule has 0 saturated heterocycles. The minimum Gasteiger partial charge on any atom is -0.398 e. The van der Waals surface area contributed by atoms with Gasteiger partial charge in [0, 0.05) is 5.69 Å². The lowest BCUT2D eigenvalue weighted by Gasteiger charge is -2.09. The van der Waals surface area contributed by atoms with E-state index in [1.54, 1.807) is 6.07 Å². The van der Waals surface area contributed by atoms with Crippen LogP contribution in [0.2, 0.25) is 0 Å². The molecule has 0 atom stereocenters. The highest BCUT2D eigenvalue weighted by molar-refractivity contribution is 5.85. The SMILES string of the molecule is C=Nc1cc(N)c(C)c(N)c1N. The Hall–Kier alpha value is -1.71. The average molecular weight is 164 g/mol. The predicted molar refractivity (Wildman–Crippen MR) is 53.6 cm³/mol. The normalized spacial score (nSPS) is 9.75. The van der Waals surface area contributed by atoms with Crippen molar-refractivity contribution in [3.05, 3.63) is 11.6 Å². The minimum absolute atomic E-state index is 0.441. The topological polar surface area (TPSA) is 90.4 Å². The van der Waals surface area contributed by atoms with E-state index in [0.29, 0.717) is 22.7 Å². The Kier molecular flexibility index (Phi) is 1.91. The lowest BCUT2D eigenvalue weighted by Crippen LogP contribution is -2.01. The summed E-state index contributed by atoms with van der Waals surface area (Å²) >= 11 is 0. The Morgan fingerprint density at radius 1 is 1.25 bits per heavy atom. The van der Waals surface area contributed by atoms with Crippen LogP contribution in [0.15, 0.2) is 11.1 Å². The largest absolute Gasteiger partial charge is 0.398 e. The average Bonchev–Trinajstić information content (AvgIpc) is 2.08. The molecule has 0 amide bonds. The third kappa shape index (κ3) is 1.07. The number of hydrogen-bond donors (Lipinski definition) is 3. The molecule has 64 valence electrons. The van der Waals surface area contributed by atoms with E-state index in [4.69, 9.17) is 17.2 Å². The maximum absolute atomic E-state index is 5.67. The van der Waals surface area contributed by atoms with Crippen LogP contribution in [0.3, 0.4) is 0 Å². The van der Waals surface area contributed by atoms with E-state index in [0.717, 1.165) is 5.56 Å². The molecule has 0 aliphatic carbocycles. The van der Waals surface area contributed by atoms with Crippen molar-refractivity contribution >= 4 is 29.5 Å². The lowest BCUT2D eigenvalue weighted by molar-refractivity contribution is 1.44. The van der Waals surface area contributed by atoms with Gasteiger partial charge in [0.1, 0.15) is 0 Å². The summed E-state index contributed by atoms with van der Waals surface area (Å²) in [6.07, 6.45) is 0. The van der Waals surface area contributed by atoms with Crippen LogP contribution in [0.25, 0.3) is 0 Å². The monoisotopic (exact) mass is 164 g/mol. The zero-order valence-electron chi connectivity index (χ0n) is 6.96. The molecule has 0 unspecified atom stereocenters. The first-order chi connectivity index (χ1) is 5.57. The van der Waals surface area contributed by atoms with Crippen molar-refractivity contribution in [2.75, 3.05) is 17.2 Å². The molecule has 6 N–H and O–H groups in total. The fraction of sp³-hybridized carbons (Fsp3) is 0.125. The van der Waals surface area contributed by atoms with Crippen LogP contribution in [0.5, 0.6) is 0 Å². The Balaban J connectivity index is 3.49.